The van der Waals surface area contributed by atoms with Gasteiger partial charge in [0.1, 0.15) is 11.7 Å². The molecule has 0 aliphatic carbocycles. The SMILES string of the molecule is N[C@H](C(=O)Nc1ccc(C(=O)O)nc1)c1ccccc1. The molecule has 6 heteroatoms. The van der Waals surface area contributed by atoms with Crippen molar-refractivity contribution < 1.29 is 14.7 Å². The number of hydrogen-bond acceptors (Lipinski definition) is 4. The Morgan fingerprint density at radius 3 is 2.40 bits per heavy atom. The Kier molecular flexibility index (Phi) is 4.07. The molecular weight excluding hydrogens is 258 g/mol. The Hall–Kier alpha value is -2.73. The number of anilines is 1. The summed E-state index contributed by atoms with van der Waals surface area (Å²) in [7, 11) is 0. The maximum atomic E-state index is 12.0. The van der Waals surface area contributed by atoms with Crippen LogP contribution in [0, 0.1) is 0 Å². The highest BCUT2D eigenvalue weighted by molar-refractivity contribution is 5.95. The summed E-state index contributed by atoms with van der Waals surface area (Å²) < 4.78 is 0. The number of aromatic nitrogens is 1. The second-order valence-corrected chi connectivity index (χ2v) is 4.11. The van der Waals surface area contributed by atoms with Gasteiger partial charge in [-0.05, 0) is 17.7 Å². The van der Waals surface area contributed by atoms with E-state index in [2.05, 4.69) is 10.3 Å². The van der Waals surface area contributed by atoms with Crippen LogP contribution in [0.1, 0.15) is 22.1 Å². The number of carbonyl (C=O) groups is 2. The molecule has 0 aliphatic rings. The van der Waals surface area contributed by atoms with Crippen molar-refractivity contribution in [3.63, 3.8) is 0 Å². The number of carboxylic acid groups (broad SMARTS) is 1. The summed E-state index contributed by atoms with van der Waals surface area (Å²) in [5, 5.41) is 11.3. The maximum Gasteiger partial charge on any atom is 0.354 e. The molecule has 0 spiro atoms. The van der Waals surface area contributed by atoms with Crippen molar-refractivity contribution in [2.75, 3.05) is 5.32 Å². The highest BCUT2D eigenvalue weighted by Gasteiger charge is 2.15. The fourth-order valence-corrected chi connectivity index (χ4v) is 1.63. The maximum absolute atomic E-state index is 12.0. The molecule has 4 N–H and O–H groups in total. The standard InChI is InChI=1S/C14H13N3O3/c15-12(9-4-2-1-3-5-9)13(18)17-10-6-7-11(14(19)20)16-8-10/h1-8,12H,15H2,(H,17,18)(H,19,20)/t12-/m0/s1. The lowest BCUT2D eigenvalue weighted by atomic mass is 10.1. The summed E-state index contributed by atoms with van der Waals surface area (Å²) in [6.45, 7) is 0. The molecule has 1 aromatic heterocycles. The van der Waals surface area contributed by atoms with Crippen LogP contribution in [0.15, 0.2) is 48.7 Å². The smallest absolute Gasteiger partial charge is 0.354 e. The van der Waals surface area contributed by atoms with Crippen molar-refractivity contribution in [2.24, 2.45) is 5.73 Å². The molecule has 0 radical (unpaired) electrons. The molecule has 2 rings (SSSR count). The third-order valence-corrected chi connectivity index (χ3v) is 2.69. The van der Waals surface area contributed by atoms with Crippen LogP contribution in [0.4, 0.5) is 5.69 Å². The van der Waals surface area contributed by atoms with Crippen LogP contribution in [0.5, 0.6) is 0 Å². The fourth-order valence-electron chi connectivity index (χ4n) is 1.63. The number of nitrogens with one attached hydrogen (secondary N) is 1. The molecule has 0 fully saturated rings. The number of nitrogens with two attached hydrogens (primary N) is 1. The number of benzene rings is 1. The molecule has 1 amide bonds. The van der Waals surface area contributed by atoms with Gasteiger partial charge in [-0.2, -0.15) is 0 Å². The number of carboxylic acids is 1. The highest BCUT2D eigenvalue weighted by Crippen LogP contribution is 2.13. The van der Waals surface area contributed by atoms with E-state index in [-0.39, 0.29) is 11.6 Å². The summed E-state index contributed by atoms with van der Waals surface area (Å²) >= 11 is 0. The average molecular weight is 271 g/mol. The predicted molar refractivity (Wildman–Crippen MR) is 73.2 cm³/mol. The van der Waals surface area contributed by atoms with Crippen molar-refractivity contribution in [1.29, 1.82) is 0 Å². The third-order valence-electron chi connectivity index (χ3n) is 2.69. The van der Waals surface area contributed by atoms with E-state index in [9.17, 15) is 9.59 Å². The molecule has 0 saturated heterocycles. The Balaban J connectivity index is 2.06. The van der Waals surface area contributed by atoms with E-state index in [0.29, 0.717) is 11.3 Å². The summed E-state index contributed by atoms with van der Waals surface area (Å²) in [6.07, 6.45) is 1.28. The van der Waals surface area contributed by atoms with Gasteiger partial charge in [-0.1, -0.05) is 30.3 Å². The van der Waals surface area contributed by atoms with Crippen molar-refractivity contribution in [2.45, 2.75) is 6.04 Å². The first-order chi connectivity index (χ1) is 9.58. The van der Waals surface area contributed by atoms with Gasteiger partial charge in [0.25, 0.3) is 0 Å². The van der Waals surface area contributed by atoms with Crippen LogP contribution in [0.2, 0.25) is 0 Å². The number of rotatable bonds is 4. The second-order valence-electron chi connectivity index (χ2n) is 4.11. The van der Waals surface area contributed by atoms with Gasteiger partial charge < -0.3 is 16.2 Å². The van der Waals surface area contributed by atoms with E-state index in [0.717, 1.165) is 0 Å². The Morgan fingerprint density at radius 1 is 1.15 bits per heavy atom. The number of carbonyl (C=O) groups excluding carboxylic acids is 1. The Labute approximate surface area is 115 Å². The zero-order valence-corrected chi connectivity index (χ0v) is 10.5. The van der Waals surface area contributed by atoms with E-state index < -0.39 is 12.0 Å². The molecule has 102 valence electrons. The summed E-state index contributed by atoms with van der Waals surface area (Å²) in [5.74, 6) is -1.51. The predicted octanol–water partition coefficient (Wildman–Crippen LogP) is 1.42. The van der Waals surface area contributed by atoms with Crippen LogP contribution in [-0.4, -0.2) is 22.0 Å². The zero-order chi connectivity index (χ0) is 14.5. The van der Waals surface area contributed by atoms with Crippen LogP contribution < -0.4 is 11.1 Å². The van der Waals surface area contributed by atoms with Crippen molar-refractivity contribution in [3.8, 4) is 0 Å². The normalized spacial score (nSPS) is 11.7. The topological polar surface area (TPSA) is 105 Å². The van der Waals surface area contributed by atoms with E-state index in [1.165, 1.54) is 18.3 Å². The molecule has 2 aromatic rings. The molecule has 1 atom stereocenters. The van der Waals surface area contributed by atoms with Crippen molar-refractivity contribution in [1.82, 2.24) is 4.98 Å². The van der Waals surface area contributed by atoms with Crippen LogP contribution >= 0.6 is 0 Å². The van der Waals surface area contributed by atoms with Gasteiger partial charge >= 0.3 is 5.97 Å². The highest BCUT2D eigenvalue weighted by atomic mass is 16.4. The molecule has 0 saturated carbocycles. The largest absolute Gasteiger partial charge is 0.477 e. The molecule has 0 bridgehead atoms. The number of pyridine rings is 1. The van der Waals surface area contributed by atoms with E-state index in [1.54, 1.807) is 24.3 Å². The number of amides is 1. The van der Waals surface area contributed by atoms with Gasteiger partial charge in [0.15, 0.2) is 0 Å². The van der Waals surface area contributed by atoms with Gasteiger partial charge in [0.2, 0.25) is 5.91 Å². The van der Waals surface area contributed by atoms with Gasteiger partial charge in [-0.25, -0.2) is 9.78 Å². The molecule has 6 nitrogen and oxygen atoms in total. The number of nitrogens with zero attached hydrogens (tertiary/aromatic N) is 1. The van der Waals surface area contributed by atoms with Gasteiger partial charge in [-0.15, -0.1) is 0 Å². The summed E-state index contributed by atoms with van der Waals surface area (Å²) in [5.41, 5.74) is 6.84. The lowest BCUT2D eigenvalue weighted by molar-refractivity contribution is -0.117. The molecular formula is C14H13N3O3. The first-order valence-electron chi connectivity index (χ1n) is 5.88. The first-order valence-corrected chi connectivity index (χ1v) is 5.88. The minimum absolute atomic E-state index is 0.0876. The molecule has 0 aliphatic heterocycles. The van der Waals surface area contributed by atoms with Crippen LogP contribution in [-0.2, 0) is 4.79 Å². The second kappa shape index (κ2) is 5.94. The van der Waals surface area contributed by atoms with Gasteiger partial charge in [-0.3, -0.25) is 4.79 Å². The van der Waals surface area contributed by atoms with E-state index >= 15 is 0 Å². The minimum atomic E-state index is -1.12. The third kappa shape index (κ3) is 3.18. The summed E-state index contributed by atoms with van der Waals surface area (Å²) in [6, 6.07) is 10.9. The lowest BCUT2D eigenvalue weighted by Crippen LogP contribution is -2.27. The van der Waals surface area contributed by atoms with Crippen LogP contribution in [0.25, 0.3) is 0 Å². The Bertz CT molecular complexity index is 611. The molecule has 1 heterocycles. The molecule has 0 unspecified atom stereocenters. The van der Waals surface area contributed by atoms with Gasteiger partial charge in [0.05, 0.1) is 11.9 Å². The van der Waals surface area contributed by atoms with Crippen molar-refractivity contribution in [3.05, 3.63) is 59.9 Å². The Morgan fingerprint density at radius 2 is 1.85 bits per heavy atom. The number of aromatic carboxylic acids is 1. The monoisotopic (exact) mass is 271 g/mol. The quantitative estimate of drug-likeness (QED) is 0.779. The lowest BCUT2D eigenvalue weighted by Gasteiger charge is -2.12. The summed E-state index contributed by atoms with van der Waals surface area (Å²) in [4.78, 5) is 26.3. The van der Waals surface area contributed by atoms with Gasteiger partial charge in [0, 0.05) is 0 Å². The fraction of sp³-hybridized carbons (Fsp3) is 0.0714. The number of hydrogen-bond donors (Lipinski definition) is 3. The van der Waals surface area contributed by atoms with Crippen LogP contribution in [0.3, 0.4) is 0 Å². The van der Waals surface area contributed by atoms with Crippen molar-refractivity contribution >= 4 is 17.6 Å². The minimum Gasteiger partial charge on any atom is -0.477 e. The van der Waals surface area contributed by atoms with E-state index in [1.807, 2.05) is 6.07 Å². The van der Waals surface area contributed by atoms with E-state index in [4.69, 9.17) is 10.8 Å². The molecule has 1 aromatic carbocycles. The average Bonchev–Trinajstić information content (AvgIpc) is 2.48. The molecule has 20 heavy (non-hydrogen) atoms. The first kappa shape index (κ1) is 13.7. The zero-order valence-electron chi connectivity index (χ0n) is 10.5.